The maximum absolute atomic E-state index is 5.27. The molecule has 0 radical (unpaired) electrons. The summed E-state index contributed by atoms with van der Waals surface area (Å²) in [6, 6.07) is 10.4. The Morgan fingerprint density at radius 2 is 2.10 bits per heavy atom. The summed E-state index contributed by atoms with van der Waals surface area (Å²) in [7, 11) is 0. The second kappa shape index (κ2) is 6.24. The number of thioether (sulfide) groups is 1. The SMILES string of the molecule is Cc1ccccc1CSCc1noc(-c2ccsc2)n1. The summed E-state index contributed by atoms with van der Waals surface area (Å²) >= 11 is 3.43. The van der Waals surface area contributed by atoms with Crippen molar-refractivity contribution in [3.8, 4) is 11.5 Å². The van der Waals surface area contributed by atoms with Gasteiger partial charge in [-0.25, -0.2) is 0 Å². The molecule has 0 aliphatic heterocycles. The van der Waals surface area contributed by atoms with Gasteiger partial charge in [-0.05, 0) is 29.5 Å². The fraction of sp³-hybridized carbons (Fsp3) is 0.200. The molecule has 102 valence electrons. The van der Waals surface area contributed by atoms with Crippen LogP contribution in [0.3, 0.4) is 0 Å². The Kier molecular flexibility index (Phi) is 4.18. The highest BCUT2D eigenvalue weighted by molar-refractivity contribution is 7.97. The van der Waals surface area contributed by atoms with E-state index in [1.807, 2.05) is 16.8 Å². The van der Waals surface area contributed by atoms with Crippen LogP contribution in [0, 0.1) is 6.92 Å². The van der Waals surface area contributed by atoms with Crippen molar-refractivity contribution in [1.29, 1.82) is 0 Å². The Morgan fingerprint density at radius 3 is 2.90 bits per heavy atom. The number of hydrogen-bond donors (Lipinski definition) is 0. The predicted octanol–water partition coefficient (Wildman–Crippen LogP) is 4.54. The van der Waals surface area contributed by atoms with E-state index in [4.69, 9.17) is 4.52 Å². The zero-order valence-corrected chi connectivity index (χ0v) is 12.7. The Morgan fingerprint density at radius 1 is 1.20 bits per heavy atom. The first-order valence-corrected chi connectivity index (χ1v) is 8.40. The Bertz CT molecular complexity index is 677. The van der Waals surface area contributed by atoms with Crippen LogP contribution < -0.4 is 0 Å². The van der Waals surface area contributed by atoms with Gasteiger partial charge in [-0.2, -0.15) is 16.3 Å². The largest absolute Gasteiger partial charge is 0.334 e. The van der Waals surface area contributed by atoms with E-state index in [0.29, 0.717) is 5.89 Å². The molecular weight excluding hydrogens is 288 g/mol. The average molecular weight is 302 g/mol. The summed E-state index contributed by atoms with van der Waals surface area (Å²) in [6.45, 7) is 2.14. The van der Waals surface area contributed by atoms with E-state index >= 15 is 0 Å². The molecule has 0 amide bonds. The van der Waals surface area contributed by atoms with Gasteiger partial charge >= 0.3 is 0 Å². The number of thiophene rings is 1. The molecule has 0 saturated carbocycles. The quantitative estimate of drug-likeness (QED) is 0.693. The number of hydrogen-bond acceptors (Lipinski definition) is 5. The first-order valence-electron chi connectivity index (χ1n) is 6.30. The highest BCUT2D eigenvalue weighted by Crippen LogP contribution is 2.22. The molecule has 0 saturated heterocycles. The summed E-state index contributed by atoms with van der Waals surface area (Å²) in [5.41, 5.74) is 3.68. The monoisotopic (exact) mass is 302 g/mol. The van der Waals surface area contributed by atoms with Crippen LogP contribution >= 0.6 is 23.1 Å². The van der Waals surface area contributed by atoms with Gasteiger partial charge in [0.15, 0.2) is 5.82 Å². The Balaban J connectivity index is 1.58. The summed E-state index contributed by atoms with van der Waals surface area (Å²) < 4.78 is 5.27. The molecule has 5 heteroatoms. The van der Waals surface area contributed by atoms with Crippen LogP contribution in [0.2, 0.25) is 0 Å². The van der Waals surface area contributed by atoms with Crippen molar-refractivity contribution in [1.82, 2.24) is 10.1 Å². The van der Waals surface area contributed by atoms with E-state index in [2.05, 4.69) is 41.3 Å². The molecule has 3 nitrogen and oxygen atoms in total. The highest BCUT2D eigenvalue weighted by atomic mass is 32.2. The zero-order valence-electron chi connectivity index (χ0n) is 11.1. The second-order valence-corrected chi connectivity index (χ2v) is 6.21. The minimum absolute atomic E-state index is 0.609. The molecule has 2 aromatic heterocycles. The number of aromatic nitrogens is 2. The van der Waals surface area contributed by atoms with E-state index < -0.39 is 0 Å². The number of benzene rings is 1. The number of aryl methyl sites for hydroxylation is 1. The maximum Gasteiger partial charge on any atom is 0.258 e. The van der Waals surface area contributed by atoms with Gasteiger partial charge in [-0.1, -0.05) is 29.4 Å². The third kappa shape index (κ3) is 3.11. The van der Waals surface area contributed by atoms with E-state index in [-0.39, 0.29) is 0 Å². The Hall–Kier alpha value is -1.59. The van der Waals surface area contributed by atoms with Crippen molar-refractivity contribution in [3.05, 3.63) is 58.0 Å². The molecule has 0 unspecified atom stereocenters. The second-order valence-electron chi connectivity index (χ2n) is 4.45. The third-order valence-corrected chi connectivity index (χ3v) is 4.65. The molecule has 0 aliphatic carbocycles. The molecule has 0 bridgehead atoms. The molecule has 3 rings (SSSR count). The van der Waals surface area contributed by atoms with Gasteiger partial charge in [0, 0.05) is 11.1 Å². The van der Waals surface area contributed by atoms with Gasteiger partial charge in [0.25, 0.3) is 5.89 Å². The average Bonchev–Trinajstić information content (AvgIpc) is 3.11. The van der Waals surface area contributed by atoms with Crippen LogP contribution in [0.4, 0.5) is 0 Å². The maximum atomic E-state index is 5.27. The Labute approximate surface area is 126 Å². The lowest BCUT2D eigenvalue weighted by molar-refractivity contribution is 0.425. The van der Waals surface area contributed by atoms with Gasteiger partial charge in [-0.15, -0.1) is 11.8 Å². The molecule has 0 fully saturated rings. The van der Waals surface area contributed by atoms with E-state index in [1.165, 1.54) is 11.1 Å². The molecule has 2 heterocycles. The van der Waals surface area contributed by atoms with Crippen molar-refractivity contribution in [2.75, 3.05) is 0 Å². The van der Waals surface area contributed by atoms with Crippen LogP contribution in [0.15, 0.2) is 45.6 Å². The summed E-state index contributed by atoms with van der Waals surface area (Å²) in [4.78, 5) is 4.41. The molecule has 0 spiro atoms. The molecule has 3 aromatic rings. The summed E-state index contributed by atoms with van der Waals surface area (Å²) in [5.74, 6) is 3.10. The van der Waals surface area contributed by atoms with Gasteiger partial charge in [0.05, 0.1) is 11.3 Å². The molecule has 0 N–H and O–H groups in total. The normalized spacial score (nSPS) is 10.8. The fourth-order valence-electron chi connectivity index (χ4n) is 1.84. The van der Waals surface area contributed by atoms with Gasteiger partial charge < -0.3 is 4.52 Å². The van der Waals surface area contributed by atoms with Gasteiger partial charge in [-0.3, -0.25) is 0 Å². The van der Waals surface area contributed by atoms with Crippen molar-refractivity contribution >= 4 is 23.1 Å². The van der Waals surface area contributed by atoms with E-state index in [1.54, 1.807) is 23.1 Å². The zero-order chi connectivity index (χ0) is 13.8. The molecule has 1 aromatic carbocycles. The molecule has 20 heavy (non-hydrogen) atoms. The first-order chi connectivity index (χ1) is 9.83. The minimum Gasteiger partial charge on any atom is -0.334 e. The standard InChI is InChI=1S/C15H14N2OS2/c1-11-4-2-3-5-12(11)8-20-10-14-16-15(18-17-14)13-6-7-19-9-13/h2-7,9H,8,10H2,1H3. The first kappa shape index (κ1) is 13.4. The van der Waals surface area contributed by atoms with Crippen LogP contribution in [0.1, 0.15) is 17.0 Å². The van der Waals surface area contributed by atoms with E-state index in [9.17, 15) is 0 Å². The smallest absolute Gasteiger partial charge is 0.258 e. The van der Waals surface area contributed by atoms with Gasteiger partial charge in [0.2, 0.25) is 0 Å². The molecule has 0 atom stereocenters. The van der Waals surface area contributed by atoms with Crippen molar-refractivity contribution in [2.24, 2.45) is 0 Å². The van der Waals surface area contributed by atoms with Crippen LogP contribution in [-0.4, -0.2) is 10.1 Å². The topological polar surface area (TPSA) is 38.9 Å². The summed E-state index contributed by atoms with van der Waals surface area (Å²) in [6.07, 6.45) is 0. The lowest BCUT2D eigenvalue weighted by Crippen LogP contribution is -1.88. The molecular formula is C15H14N2OS2. The van der Waals surface area contributed by atoms with Crippen LogP contribution in [0.5, 0.6) is 0 Å². The van der Waals surface area contributed by atoms with Crippen molar-refractivity contribution in [2.45, 2.75) is 18.4 Å². The fourth-order valence-corrected chi connectivity index (χ4v) is 3.42. The van der Waals surface area contributed by atoms with Crippen molar-refractivity contribution in [3.63, 3.8) is 0 Å². The van der Waals surface area contributed by atoms with E-state index in [0.717, 1.165) is 22.9 Å². The molecule has 0 aliphatic rings. The van der Waals surface area contributed by atoms with Crippen LogP contribution in [-0.2, 0) is 11.5 Å². The number of nitrogens with zero attached hydrogens (tertiary/aromatic N) is 2. The lowest BCUT2D eigenvalue weighted by atomic mass is 10.1. The predicted molar refractivity (Wildman–Crippen MR) is 83.8 cm³/mol. The minimum atomic E-state index is 0.609. The van der Waals surface area contributed by atoms with Gasteiger partial charge in [0.1, 0.15) is 0 Å². The highest BCUT2D eigenvalue weighted by Gasteiger charge is 2.09. The van der Waals surface area contributed by atoms with Crippen molar-refractivity contribution < 1.29 is 4.52 Å². The number of rotatable bonds is 5. The summed E-state index contributed by atoms with van der Waals surface area (Å²) in [5, 5.41) is 8.04. The third-order valence-electron chi connectivity index (χ3n) is 2.99. The lowest BCUT2D eigenvalue weighted by Gasteiger charge is -2.03. The van der Waals surface area contributed by atoms with Crippen LogP contribution in [0.25, 0.3) is 11.5 Å².